The highest BCUT2D eigenvalue weighted by atomic mass is 16.5. The zero-order chi connectivity index (χ0) is 19.7. The highest BCUT2D eigenvalue weighted by Gasteiger charge is 2.40. The number of unbranched alkanes of at least 4 members (excludes halogenated alkanes) is 1. The molecule has 0 radical (unpaired) electrons. The molecular weight excluding hydrogens is 338 g/mol. The van der Waals surface area contributed by atoms with Gasteiger partial charge in [-0.25, -0.2) is 5.48 Å². The fraction of sp³-hybridized carbons (Fsp3) is 0.833. The average molecular weight is 371 g/mol. The first kappa shape index (κ1) is 22.4. The van der Waals surface area contributed by atoms with Crippen LogP contribution >= 0.6 is 0 Å². The van der Waals surface area contributed by atoms with Crippen LogP contribution in [0.4, 0.5) is 0 Å². The van der Waals surface area contributed by atoms with Gasteiger partial charge in [-0.2, -0.15) is 0 Å². The molecule has 0 spiro atoms. The van der Waals surface area contributed by atoms with Crippen molar-refractivity contribution in [2.75, 3.05) is 13.1 Å². The summed E-state index contributed by atoms with van der Waals surface area (Å²) in [6.07, 6.45) is 2.29. The number of hydrogen-bond donors (Lipinski definition) is 4. The van der Waals surface area contributed by atoms with Crippen molar-refractivity contribution in [1.82, 2.24) is 15.7 Å². The third-order valence-electron chi connectivity index (χ3n) is 4.81. The molecule has 0 aromatic rings. The Morgan fingerprint density at radius 3 is 2.50 bits per heavy atom. The van der Waals surface area contributed by atoms with Gasteiger partial charge in [-0.05, 0) is 31.6 Å². The van der Waals surface area contributed by atoms with Gasteiger partial charge in [-0.3, -0.25) is 19.6 Å². The molecule has 3 amide bonds. The summed E-state index contributed by atoms with van der Waals surface area (Å²) in [5, 5.41) is 21.8. The Bertz CT molecular complexity index is 483. The standard InChI is InChI=1S/C18H33N3O5/c1-4-5-7-13(15(22)17(24)20-26)18(25)21-11-6-8-14(21)16(23)19-10-9-12(2)3/h12-15,22,26H,4-11H2,1-3H3,(H,19,23)(H,20,24)/t13?,14-,15?/m0/s1. The van der Waals surface area contributed by atoms with Gasteiger partial charge in [0.2, 0.25) is 11.8 Å². The lowest BCUT2D eigenvalue weighted by molar-refractivity contribution is -0.152. The van der Waals surface area contributed by atoms with Crippen molar-refractivity contribution in [3.05, 3.63) is 0 Å². The molecule has 0 aromatic carbocycles. The molecule has 1 aliphatic rings. The van der Waals surface area contributed by atoms with Crippen LogP contribution in [0.3, 0.4) is 0 Å². The number of likely N-dealkylation sites (tertiary alicyclic amines) is 1. The monoisotopic (exact) mass is 371 g/mol. The smallest absolute Gasteiger partial charge is 0.272 e. The van der Waals surface area contributed by atoms with Gasteiger partial charge in [0.25, 0.3) is 5.91 Å². The molecule has 3 atom stereocenters. The van der Waals surface area contributed by atoms with Gasteiger partial charge < -0.3 is 15.3 Å². The summed E-state index contributed by atoms with van der Waals surface area (Å²) in [5.74, 6) is -2.09. The first-order valence-corrected chi connectivity index (χ1v) is 9.53. The van der Waals surface area contributed by atoms with Crippen LogP contribution in [0.5, 0.6) is 0 Å². The van der Waals surface area contributed by atoms with Gasteiger partial charge in [0.1, 0.15) is 12.1 Å². The van der Waals surface area contributed by atoms with E-state index in [-0.39, 0.29) is 5.91 Å². The number of aliphatic hydroxyl groups is 1. The molecule has 8 nitrogen and oxygen atoms in total. The fourth-order valence-electron chi connectivity index (χ4n) is 3.21. The van der Waals surface area contributed by atoms with E-state index in [1.807, 2.05) is 6.92 Å². The maximum absolute atomic E-state index is 12.9. The molecule has 1 saturated heterocycles. The van der Waals surface area contributed by atoms with Crippen LogP contribution in [0.2, 0.25) is 0 Å². The second kappa shape index (κ2) is 11.1. The fourth-order valence-corrected chi connectivity index (χ4v) is 3.21. The number of hydroxylamine groups is 1. The summed E-state index contributed by atoms with van der Waals surface area (Å²) < 4.78 is 0. The second-order valence-corrected chi connectivity index (χ2v) is 7.33. The third kappa shape index (κ3) is 6.25. The number of nitrogens with zero attached hydrogens (tertiary/aromatic N) is 1. The van der Waals surface area contributed by atoms with Crippen LogP contribution in [-0.2, 0) is 14.4 Å². The van der Waals surface area contributed by atoms with E-state index in [4.69, 9.17) is 5.21 Å². The molecule has 0 aliphatic carbocycles. The zero-order valence-electron chi connectivity index (χ0n) is 16.0. The van der Waals surface area contributed by atoms with Gasteiger partial charge in [0.15, 0.2) is 0 Å². The van der Waals surface area contributed by atoms with Crippen molar-refractivity contribution >= 4 is 17.7 Å². The molecular formula is C18H33N3O5. The Kier molecular flexibility index (Phi) is 9.58. The van der Waals surface area contributed by atoms with Crippen molar-refractivity contribution in [3.63, 3.8) is 0 Å². The Morgan fingerprint density at radius 1 is 1.23 bits per heavy atom. The van der Waals surface area contributed by atoms with Gasteiger partial charge in [0, 0.05) is 13.1 Å². The molecule has 150 valence electrons. The average Bonchev–Trinajstić information content (AvgIpc) is 3.10. The van der Waals surface area contributed by atoms with E-state index in [9.17, 15) is 19.5 Å². The molecule has 1 heterocycles. The highest BCUT2D eigenvalue weighted by molar-refractivity contribution is 5.92. The van der Waals surface area contributed by atoms with Crippen molar-refractivity contribution in [1.29, 1.82) is 0 Å². The third-order valence-corrected chi connectivity index (χ3v) is 4.81. The van der Waals surface area contributed by atoms with Crippen molar-refractivity contribution in [2.24, 2.45) is 11.8 Å². The quantitative estimate of drug-likeness (QED) is 0.335. The molecule has 0 aromatic heterocycles. The molecule has 8 heteroatoms. The lowest BCUT2D eigenvalue weighted by atomic mass is 9.93. The van der Waals surface area contributed by atoms with E-state index < -0.39 is 29.9 Å². The lowest BCUT2D eigenvalue weighted by Crippen LogP contribution is -2.51. The predicted octanol–water partition coefficient (Wildman–Crippen LogP) is 0.812. The molecule has 1 aliphatic heterocycles. The summed E-state index contributed by atoms with van der Waals surface area (Å²) in [7, 11) is 0. The molecule has 26 heavy (non-hydrogen) atoms. The number of amides is 3. The van der Waals surface area contributed by atoms with Crippen LogP contribution in [0.25, 0.3) is 0 Å². The summed E-state index contributed by atoms with van der Waals surface area (Å²) in [6, 6.07) is -0.567. The first-order chi connectivity index (χ1) is 12.3. The van der Waals surface area contributed by atoms with Gasteiger partial charge in [0.05, 0.1) is 5.92 Å². The van der Waals surface area contributed by atoms with Gasteiger partial charge in [-0.1, -0.05) is 33.6 Å². The van der Waals surface area contributed by atoms with Crippen LogP contribution < -0.4 is 10.8 Å². The minimum Gasteiger partial charge on any atom is -0.382 e. The first-order valence-electron chi connectivity index (χ1n) is 9.53. The van der Waals surface area contributed by atoms with E-state index in [0.717, 1.165) is 12.8 Å². The highest BCUT2D eigenvalue weighted by Crippen LogP contribution is 2.24. The summed E-state index contributed by atoms with van der Waals surface area (Å²) in [4.78, 5) is 38.5. The van der Waals surface area contributed by atoms with E-state index in [1.54, 1.807) is 0 Å². The number of carbonyl (C=O) groups excluding carboxylic acids is 3. The van der Waals surface area contributed by atoms with E-state index >= 15 is 0 Å². The number of rotatable bonds is 10. The van der Waals surface area contributed by atoms with Crippen molar-refractivity contribution in [3.8, 4) is 0 Å². The Labute approximate surface area is 155 Å². The van der Waals surface area contributed by atoms with E-state index in [1.165, 1.54) is 10.4 Å². The zero-order valence-corrected chi connectivity index (χ0v) is 16.0. The lowest BCUT2D eigenvalue weighted by Gasteiger charge is -2.30. The van der Waals surface area contributed by atoms with E-state index in [2.05, 4.69) is 19.2 Å². The van der Waals surface area contributed by atoms with Gasteiger partial charge in [-0.15, -0.1) is 0 Å². The maximum atomic E-state index is 12.9. The predicted molar refractivity (Wildman–Crippen MR) is 96.2 cm³/mol. The summed E-state index contributed by atoms with van der Waals surface area (Å²) in [5.41, 5.74) is 1.40. The summed E-state index contributed by atoms with van der Waals surface area (Å²) >= 11 is 0. The topological polar surface area (TPSA) is 119 Å². The molecule has 1 rings (SSSR count). The minimum absolute atomic E-state index is 0.188. The Morgan fingerprint density at radius 2 is 1.92 bits per heavy atom. The van der Waals surface area contributed by atoms with Crippen LogP contribution in [0, 0.1) is 11.8 Å². The molecule has 1 fully saturated rings. The number of aliphatic hydroxyl groups excluding tert-OH is 1. The van der Waals surface area contributed by atoms with Crippen LogP contribution in [0.15, 0.2) is 0 Å². The van der Waals surface area contributed by atoms with Crippen molar-refractivity contribution < 1.29 is 24.7 Å². The molecule has 0 saturated carbocycles. The molecule has 2 unspecified atom stereocenters. The molecule has 0 bridgehead atoms. The van der Waals surface area contributed by atoms with E-state index in [0.29, 0.717) is 44.7 Å². The SMILES string of the molecule is CCCCC(C(=O)N1CCC[C@H]1C(=O)NCCC(C)C)C(O)C(=O)NO. The maximum Gasteiger partial charge on any atom is 0.272 e. The number of hydrogen-bond acceptors (Lipinski definition) is 5. The Hall–Kier alpha value is -1.67. The molecule has 4 N–H and O–H groups in total. The normalized spacial score (nSPS) is 19.3. The minimum atomic E-state index is -1.63. The largest absolute Gasteiger partial charge is 0.382 e. The van der Waals surface area contributed by atoms with Crippen LogP contribution in [-0.4, -0.2) is 58.2 Å². The second-order valence-electron chi connectivity index (χ2n) is 7.33. The summed E-state index contributed by atoms with van der Waals surface area (Å²) in [6.45, 7) is 7.08. The Balaban J connectivity index is 2.80. The number of nitrogens with one attached hydrogen (secondary N) is 2. The van der Waals surface area contributed by atoms with Crippen LogP contribution in [0.1, 0.15) is 59.3 Å². The number of carbonyl (C=O) groups is 3. The van der Waals surface area contributed by atoms with Gasteiger partial charge >= 0.3 is 0 Å². The van der Waals surface area contributed by atoms with Crippen molar-refractivity contribution in [2.45, 2.75) is 71.4 Å².